The van der Waals surface area contributed by atoms with Crippen LogP contribution in [-0.2, 0) is 0 Å². The number of aromatic amines is 1. The van der Waals surface area contributed by atoms with E-state index in [9.17, 15) is 4.79 Å². The van der Waals surface area contributed by atoms with Crippen LogP contribution in [0.15, 0.2) is 0 Å². The normalized spacial score (nSPS) is 21.9. The minimum Gasteiger partial charge on any atom is -0.335 e. The fraction of sp³-hybridized carbons (Fsp3) is 0.786. The van der Waals surface area contributed by atoms with Crippen LogP contribution in [-0.4, -0.2) is 39.1 Å². The molecule has 5 heteroatoms. The van der Waals surface area contributed by atoms with E-state index in [0.29, 0.717) is 17.2 Å². The summed E-state index contributed by atoms with van der Waals surface area (Å²) in [6.07, 6.45) is 5.71. The van der Waals surface area contributed by atoms with Crippen molar-refractivity contribution in [2.45, 2.75) is 51.9 Å². The largest absolute Gasteiger partial charge is 0.335 e. The van der Waals surface area contributed by atoms with Crippen LogP contribution in [0, 0.1) is 5.41 Å². The van der Waals surface area contributed by atoms with Gasteiger partial charge < -0.3 is 4.90 Å². The van der Waals surface area contributed by atoms with Crippen molar-refractivity contribution in [1.29, 1.82) is 0 Å². The van der Waals surface area contributed by atoms with E-state index >= 15 is 0 Å². The standard InChI is InChI=1S/C14H22N4O/c1-3-14(4-2)7-8-18(9-14)13(19)12-15-11(16-17-12)10-5-6-10/h10H,3-9H2,1-2H3,(H,15,16,17). The Kier molecular flexibility index (Phi) is 3.07. The topological polar surface area (TPSA) is 61.9 Å². The molecule has 0 radical (unpaired) electrons. The minimum atomic E-state index is -0.00748. The molecule has 104 valence electrons. The van der Waals surface area contributed by atoms with Crippen molar-refractivity contribution in [3.63, 3.8) is 0 Å². The lowest BCUT2D eigenvalue weighted by Gasteiger charge is -2.25. The lowest BCUT2D eigenvalue weighted by atomic mass is 9.82. The van der Waals surface area contributed by atoms with E-state index in [0.717, 1.165) is 38.2 Å². The lowest BCUT2D eigenvalue weighted by molar-refractivity contribution is 0.0758. The fourth-order valence-corrected chi connectivity index (χ4v) is 2.99. The summed E-state index contributed by atoms with van der Waals surface area (Å²) in [5.74, 6) is 1.75. The Balaban J connectivity index is 1.70. The van der Waals surface area contributed by atoms with Crippen LogP contribution < -0.4 is 0 Å². The first kappa shape index (κ1) is 12.6. The second-order valence-electron chi connectivity index (χ2n) is 6.00. The van der Waals surface area contributed by atoms with Crippen molar-refractivity contribution in [2.75, 3.05) is 13.1 Å². The molecule has 19 heavy (non-hydrogen) atoms. The van der Waals surface area contributed by atoms with Crippen LogP contribution in [0.25, 0.3) is 0 Å². The van der Waals surface area contributed by atoms with Gasteiger partial charge in [0.15, 0.2) is 0 Å². The maximum atomic E-state index is 12.4. The number of aromatic nitrogens is 3. The number of carbonyl (C=O) groups excluding carboxylic acids is 1. The van der Waals surface area contributed by atoms with Crippen LogP contribution in [0.5, 0.6) is 0 Å². The average Bonchev–Trinajstić information content (AvgIpc) is 3.03. The Morgan fingerprint density at radius 1 is 1.42 bits per heavy atom. The highest BCUT2D eigenvalue weighted by Crippen LogP contribution is 2.39. The van der Waals surface area contributed by atoms with Gasteiger partial charge >= 0.3 is 0 Å². The molecule has 1 aromatic heterocycles. The third-order valence-corrected chi connectivity index (χ3v) is 4.88. The molecule has 1 N–H and O–H groups in total. The molecule has 0 spiro atoms. The molecule has 5 nitrogen and oxygen atoms in total. The SMILES string of the molecule is CCC1(CC)CCN(C(=O)c2n[nH]c(C3CC3)n2)C1. The molecule has 1 saturated heterocycles. The number of rotatable bonds is 4. The number of amides is 1. The van der Waals surface area contributed by atoms with Gasteiger partial charge in [-0.3, -0.25) is 9.89 Å². The maximum absolute atomic E-state index is 12.4. The molecule has 3 rings (SSSR count). The number of nitrogens with one attached hydrogen (secondary N) is 1. The highest BCUT2D eigenvalue weighted by molar-refractivity contribution is 5.90. The maximum Gasteiger partial charge on any atom is 0.293 e. The molecular weight excluding hydrogens is 240 g/mol. The van der Waals surface area contributed by atoms with Crippen LogP contribution in [0.4, 0.5) is 0 Å². The van der Waals surface area contributed by atoms with Crippen LogP contribution in [0.1, 0.15) is 68.3 Å². The molecule has 2 heterocycles. The van der Waals surface area contributed by atoms with Crippen LogP contribution in [0.3, 0.4) is 0 Å². The van der Waals surface area contributed by atoms with E-state index < -0.39 is 0 Å². The zero-order chi connectivity index (χ0) is 13.5. The summed E-state index contributed by atoms with van der Waals surface area (Å²) < 4.78 is 0. The average molecular weight is 262 g/mol. The number of nitrogens with zero attached hydrogens (tertiary/aromatic N) is 3. The summed E-state index contributed by atoms with van der Waals surface area (Å²) in [5, 5.41) is 7.01. The smallest absolute Gasteiger partial charge is 0.293 e. The summed E-state index contributed by atoms with van der Waals surface area (Å²) in [6, 6.07) is 0. The van der Waals surface area contributed by atoms with Crippen molar-refractivity contribution in [2.24, 2.45) is 5.41 Å². The molecular formula is C14H22N4O. The second kappa shape index (κ2) is 4.62. The highest BCUT2D eigenvalue weighted by Gasteiger charge is 2.38. The van der Waals surface area contributed by atoms with E-state index in [1.807, 2.05) is 4.90 Å². The van der Waals surface area contributed by atoms with Gasteiger partial charge in [-0.15, -0.1) is 5.10 Å². The van der Waals surface area contributed by atoms with E-state index in [2.05, 4.69) is 29.0 Å². The van der Waals surface area contributed by atoms with Gasteiger partial charge in [-0.25, -0.2) is 4.98 Å². The van der Waals surface area contributed by atoms with Crippen molar-refractivity contribution in [3.05, 3.63) is 11.6 Å². The number of hydrogen-bond donors (Lipinski definition) is 1. The molecule has 1 aliphatic heterocycles. The molecule has 0 atom stereocenters. The van der Waals surface area contributed by atoms with E-state index in [-0.39, 0.29) is 5.91 Å². The van der Waals surface area contributed by atoms with Gasteiger partial charge in [0.05, 0.1) is 0 Å². The predicted molar refractivity (Wildman–Crippen MR) is 71.9 cm³/mol. The van der Waals surface area contributed by atoms with Crippen molar-refractivity contribution in [3.8, 4) is 0 Å². The van der Waals surface area contributed by atoms with Crippen LogP contribution in [0.2, 0.25) is 0 Å². The van der Waals surface area contributed by atoms with Crippen molar-refractivity contribution < 1.29 is 4.79 Å². The van der Waals surface area contributed by atoms with Gasteiger partial charge in [0.1, 0.15) is 5.82 Å². The quantitative estimate of drug-likeness (QED) is 0.906. The Hall–Kier alpha value is -1.39. The van der Waals surface area contributed by atoms with E-state index in [1.165, 1.54) is 12.8 Å². The summed E-state index contributed by atoms with van der Waals surface area (Å²) in [6.45, 7) is 6.13. The molecule has 1 saturated carbocycles. The summed E-state index contributed by atoms with van der Waals surface area (Å²) in [4.78, 5) is 18.7. The Labute approximate surface area is 113 Å². The number of hydrogen-bond acceptors (Lipinski definition) is 3. The van der Waals surface area contributed by atoms with Crippen molar-refractivity contribution >= 4 is 5.91 Å². The zero-order valence-electron chi connectivity index (χ0n) is 11.8. The minimum absolute atomic E-state index is 0.00748. The third kappa shape index (κ3) is 2.26. The predicted octanol–water partition coefficient (Wildman–Crippen LogP) is 2.33. The first-order valence-electron chi connectivity index (χ1n) is 7.39. The Morgan fingerprint density at radius 2 is 2.16 bits per heavy atom. The zero-order valence-corrected chi connectivity index (χ0v) is 11.8. The molecule has 1 aliphatic carbocycles. The van der Waals surface area contributed by atoms with Gasteiger partial charge in [0.2, 0.25) is 5.82 Å². The fourth-order valence-electron chi connectivity index (χ4n) is 2.99. The van der Waals surface area contributed by atoms with E-state index in [4.69, 9.17) is 0 Å². The first-order chi connectivity index (χ1) is 9.17. The van der Waals surface area contributed by atoms with Gasteiger partial charge in [-0.2, -0.15) is 0 Å². The molecule has 0 aromatic carbocycles. The van der Waals surface area contributed by atoms with E-state index in [1.54, 1.807) is 0 Å². The third-order valence-electron chi connectivity index (χ3n) is 4.88. The molecule has 2 fully saturated rings. The van der Waals surface area contributed by atoms with Gasteiger partial charge in [0.25, 0.3) is 5.91 Å². The number of carbonyl (C=O) groups is 1. The highest BCUT2D eigenvalue weighted by atomic mass is 16.2. The van der Waals surface area contributed by atoms with Crippen LogP contribution >= 0.6 is 0 Å². The molecule has 0 unspecified atom stereocenters. The van der Waals surface area contributed by atoms with Gasteiger partial charge in [-0.1, -0.05) is 13.8 Å². The molecule has 1 amide bonds. The van der Waals surface area contributed by atoms with Gasteiger partial charge in [0, 0.05) is 19.0 Å². The number of likely N-dealkylation sites (tertiary alicyclic amines) is 1. The monoisotopic (exact) mass is 262 g/mol. The first-order valence-corrected chi connectivity index (χ1v) is 7.39. The Morgan fingerprint density at radius 3 is 2.74 bits per heavy atom. The summed E-state index contributed by atoms with van der Waals surface area (Å²) >= 11 is 0. The Bertz CT molecular complexity index is 474. The molecule has 2 aliphatic rings. The van der Waals surface area contributed by atoms with Crippen molar-refractivity contribution in [1.82, 2.24) is 20.1 Å². The number of H-pyrrole nitrogens is 1. The molecule has 1 aromatic rings. The molecule has 0 bridgehead atoms. The summed E-state index contributed by atoms with van der Waals surface area (Å²) in [7, 11) is 0. The second-order valence-corrected chi connectivity index (χ2v) is 6.00. The van der Waals surface area contributed by atoms with Gasteiger partial charge in [-0.05, 0) is 37.5 Å². The lowest BCUT2D eigenvalue weighted by Crippen LogP contribution is -2.32. The summed E-state index contributed by atoms with van der Waals surface area (Å²) in [5.41, 5.74) is 0.311.